The Morgan fingerprint density at radius 2 is 2.19 bits per heavy atom. The van der Waals surface area contributed by atoms with Crippen molar-refractivity contribution in [3.63, 3.8) is 0 Å². The Hall–Kier alpha value is -3.00. The van der Waals surface area contributed by atoms with Crippen LogP contribution in [0.4, 0.5) is 5.13 Å². The van der Waals surface area contributed by atoms with E-state index < -0.39 is 40.6 Å². The van der Waals surface area contributed by atoms with Crippen LogP contribution in [0.5, 0.6) is 0 Å². The Kier molecular flexibility index (Phi) is 4.60. The van der Waals surface area contributed by atoms with E-state index in [4.69, 9.17) is 10.9 Å². The topological polar surface area (TPSA) is 188 Å². The number of nitrogens with one attached hydrogen (secondary N) is 1. The number of amides is 2. The first-order valence-corrected chi connectivity index (χ1v) is 8.70. The number of aliphatic carboxylic acids is 1. The molecule has 2 amide bonds. The van der Waals surface area contributed by atoms with Gasteiger partial charge in [-0.3, -0.25) is 19.3 Å². The summed E-state index contributed by atoms with van der Waals surface area (Å²) in [5.41, 5.74) is 4.46. The molecule has 2 atom stereocenters. The van der Waals surface area contributed by atoms with Gasteiger partial charge in [-0.25, -0.2) is 4.79 Å². The molecule has 1 fully saturated rings. The number of nitrogens with two attached hydrogens (primary N) is 1. The molecule has 136 valence electrons. The van der Waals surface area contributed by atoms with Crippen LogP contribution in [0.15, 0.2) is 16.4 Å². The Labute approximate surface area is 152 Å². The van der Waals surface area contributed by atoms with Gasteiger partial charge >= 0.3 is 5.97 Å². The van der Waals surface area contributed by atoms with Crippen molar-refractivity contribution in [2.45, 2.75) is 11.4 Å². The van der Waals surface area contributed by atoms with Crippen LogP contribution in [0, 0.1) is 0 Å². The minimum Gasteiger partial charge on any atom is -0.477 e. The number of carbonyl (C=O) groups excluding carboxylic acids is 3. The minimum atomic E-state index is -1.41. The van der Waals surface area contributed by atoms with Crippen molar-refractivity contribution >= 4 is 58.2 Å². The number of thioether (sulfide) groups is 1. The van der Waals surface area contributed by atoms with Crippen LogP contribution in [0.2, 0.25) is 0 Å². The van der Waals surface area contributed by atoms with Crippen LogP contribution in [0.1, 0.15) is 5.82 Å². The van der Waals surface area contributed by atoms with Gasteiger partial charge in [0.1, 0.15) is 23.4 Å². The zero-order valence-electron chi connectivity index (χ0n) is 12.6. The first-order chi connectivity index (χ1) is 12.4. The second-order valence-corrected chi connectivity index (χ2v) is 6.95. The van der Waals surface area contributed by atoms with E-state index >= 15 is 0 Å². The van der Waals surface area contributed by atoms with Crippen molar-refractivity contribution in [1.29, 1.82) is 0 Å². The number of aromatic nitrogens is 2. The predicted octanol–water partition coefficient (Wildman–Crippen LogP) is -1.76. The molecule has 0 bridgehead atoms. The van der Waals surface area contributed by atoms with E-state index in [-0.39, 0.29) is 22.3 Å². The summed E-state index contributed by atoms with van der Waals surface area (Å²) in [4.78, 5) is 51.6. The van der Waals surface area contributed by atoms with Crippen molar-refractivity contribution in [2.24, 2.45) is 5.16 Å². The lowest BCUT2D eigenvalue weighted by Crippen LogP contribution is -2.71. The highest BCUT2D eigenvalue weighted by Crippen LogP contribution is 2.39. The number of anilines is 1. The van der Waals surface area contributed by atoms with E-state index in [1.165, 1.54) is 0 Å². The molecule has 5 N–H and O–H groups in total. The van der Waals surface area contributed by atoms with Crippen molar-refractivity contribution in [2.75, 3.05) is 11.5 Å². The molecule has 0 aliphatic carbocycles. The third-order valence-corrected chi connectivity index (χ3v) is 5.44. The predicted molar refractivity (Wildman–Crippen MR) is 88.4 cm³/mol. The number of oxime groups is 1. The number of nitrogen functional groups attached to an aromatic ring is 1. The third kappa shape index (κ3) is 2.78. The number of β-lactam (4-membered cyclic amide) rings is 1. The smallest absolute Gasteiger partial charge is 0.353 e. The largest absolute Gasteiger partial charge is 0.477 e. The summed E-state index contributed by atoms with van der Waals surface area (Å²) in [5.74, 6) is -3.16. The number of carbonyl (C=O) groups is 4. The first-order valence-electron chi connectivity index (χ1n) is 6.87. The number of fused-ring (bicyclic) bond motifs is 1. The number of aldehydes is 1. The number of hydrogen-bond acceptors (Lipinski definition) is 11. The molecule has 2 aliphatic heterocycles. The van der Waals surface area contributed by atoms with Gasteiger partial charge in [-0.1, -0.05) is 5.16 Å². The van der Waals surface area contributed by atoms with Gasteiger partial charge in [0, 0.05) is 22.9 Å². The molecule has 0 spiro atoms. The lowest BCUT2D eigenvalue weighted by molar-refractivity contribution is -0.150. The number of carboxylic acid groups (broad SMARTS) is 1. The molecule has 1 aromatic rings. The van der Waals surface area contributed by atoms with E-state index in [1.807, 2.05) is 0 Å². The van der Waals surface area contributed by atoms with Crippen molar-refractivity contribution in [3.8, 4) is 0 Å². The molecule has 3 rings (SSSR count). The molecule has 14 heteroatoms. The molecular formula is C12H10N6O6S2. The summed E-state index contributed by atoms with van der Waals surface area (Å²) in [5, 5.41) is 22.8. The number of hydrogen-bond donors (Lipinski definition) is 4. The summed E-state index contributed by atoms with van der Waals surface area (Å²) in [6, 6.07) is -1.05. The van der Waals surface area contributed by atoms with Crippen LogP contribution in [-0.4, -0.2) is 71.5 Å². The summed E-state index contributed by atoms with van der Waals surface area (Å²) >= 11 is 1.92. The molecule has 3 heterocycles. The van der Waals surface area contributed by atoms with E-state index in [1.54, 1.807) is 0 Å². The molecule has 0 radical (unpaired) electrons. The van der Waals surface area contributed by atoms with Gasteiger partial charge in [0.25, 0.3) is 11.8 Å². The van der Waals surface area contributed by atoms with Gasteiger partial charge in [0.15, 0.2) is 5.13 Å². The molecule has 1 aromatic heterocycles. The number of carboxylic acids is 1. The standard InChI is InChI=1S/C12H10N6O6S2/c13-12-15-7(17-26-12)4(16-24)8(20)14-5-9(21)18-6(11(22)23)3(1-19)2-25-10(5)18/h1,5,10,24H,2H2,(H,14,20)(H,22,23)(H2,13,15,17)/b16-4-/t5-,10-/m1/s1. The molecule has 0 unspecified atom stereocenters. The maximum Gasteiger partial charge on any atom is 0.353 e. The lowest BCUT2D eigenvalue weighted by Gasteiger charge is -2.48. The third-order valence-electron chi connectivity index (χ3n) is 3.60. The van der Waals surface area contributed by atoms with Gasteiger partial charge in [-0.05, 0) is 0 Å². The lowest BCUT2D eigenvalue weighted by atomic mass is 10.0. The molecule has 26 heavy (non-hydrogen) atoms. The summed E-state index contributed by atoms with van der Waals surface area (Å²) in [6.45, 7) is 0. The monoisotopic (exact) mass is 398 g/mol. The second-order valence-electron chi connectivity index (χ2n) is 5.06. The van der Waals surface area contributed by atoms with E-state index in [9.17, 15) is 24.3 Å². The second kappa shape index (κ2) is 6.72. The van der Waals surface area contributed by atoms with E-state index in [2.05, 4.69) is 19.8 Å². The molecule has 12 nitrogen and oxygen atoms in total. The highest BCUT2D eigenvalue weighted by Gasteiger charge is 2.54. The maximum absolute atomic E-state index is 12.3. The average Bonchev–Trinajstić information content (AvgIpc) is 3.04. The minimum absolute atomic E-state index is 0.0170. The van der Waals surface area contributed by atoms with Gasteiger partial charge < -0.3 is 21.4 Å². The van der Waals surface area contributed by atoms with Crippen molar-refractivity contribution < 1.29 is 29.5 Å². The fourth-order valence-corrected chi connectivity index (χ4v) is 4.19. The number of nitrogens with zero attached hydrogens (tertiary/aromatic N) is 4. The highest BCUT2D eigenvalue weighted by atomic mass is 32.2. The van der Waals surface area contributed by atoms with Gasteiger partial charge in [0.05, 0.1) is 0 Å². The number of rotatable bonds is 5. The zero-order valence-corrected chi connectivity index (χ0v) is 14.3. The summed E-state index contributed by atoms with van der Waals surface area (Å²) in [7, 11) is 0. The van der Waals surface area contributed by atoms with Crippen molar-refractivity contribution in [3.05, 3.63) is 17.1 Å². The Morgan fingerprint density at radius 1 is 1.46 bits per heavy atom. The van der Waals surface area contributed by atoms with Crippen LogP contribution in [0.3, 0.4) is 0 Å². The molecule has 1 saturated heterocycles. The van der Waals surface area contributed by atoms with E-state index in [0.717, 1.165) is 28.2 Å². The quantitative estimate of drug-likeness (QED) is 0.145. The molecule has 0 aromatic carbocycles. The van der Waals surface area contributed by atoms with Crippen LogP contribution in [-0.2, 0) is 19.2 Å². The van der Waals surface area contributed by atoms with E-state index in [0.29, 0.717) is 6.29 Å². The van der Waals surface area contributed by atoms with Crippen LogP contribution >= 0.6 is 23.3 Å². The van der Waals surface area contributed by atoms with Gasteiger partial charge in [-0.15, -0.1) is 11.8 Å². The Bertz CT molecular complexity index is 879. The first kappa shape index (κ1) is 17.8. The zero-order chi connectivity index (χ0) is 19.0. The summed E-state index contributed by atoms with van der Waals surface area (Å²) < 4.78 is 3.75. The highest BCUT2D eigenvalue weighted by molar-refractivity contribution is 8.00. The van der Waals surface area contributed by atoms with Crippen LogP contribution in [0.25, 0.3) is 0 Å². The van der Waals surface area contributed by atoms with Gasteiger partial charge in [-0.2, -0.15) is 9.36 Å². The normalized spacial score (nSPS) is 22.5. The Morgan fingerprint density at radius 3 is 2.73 bits per heavy atom. The Balaban J connectivity index is 1.78. The fraction of sp³-hybridized carbons (Fsp3) is 0.250. The van der Waals surface area contributed by atoms with Crippen molar-refractivity contribution in [1.82, 2.24) is 19.6 Å². The summed E-state index contributed by atoms with van der Waals surface area (Å²) in [6.07, 6.45) is 0.390. The SMILES string of the molecule is Nc1nc(/C(=N/O)C(=O)N[C@@H]2C(=O)N3C(C(=O)O)=C(C=O)CS[C@H]23)ns1. The molecule has 0 saturated carbocycles. The van der Waals surface area contributed by atoms with Gasteiger partial charge in [0.2, 0.25) is 11.5 Å². The van der Waals surface area contributed by atoms with Crippen LogP contribution < -0.4 is 11.1 Å². The molecular weight excluding hydrogens is 388 g/mol. The fourth-order valence-electron chi connectivity index (χ4n) is 2.47. The molecule has 2 aliphatic rings. The average molecular weight is 398 g/mol. The maximum atomic E-state index is 12.3.